The maximum absolute atomic E-state index is 10.8. The van der Waals surface area contributed by atoms with E-state index in [-0.39, 0.29) is 23.0 Å². The molecule has 20 heavy (non-hydrogen) atoms. The fourth-order valence-electron chi connectivity index (χ4n) is 1.66. The first-order valence-electron chi connectivity index (χ1n) is 5.62. The molecule has 0 aliphatic rings. The van der Waals surface area contributed by atoms with Gasteiger partial charge in [0.2, 0.25) is 0 Å². The first kappa shape index (κ1) is 14.4. The smallest absolute Gasteiger partial charge is 0.289 e. The van der Waals surface area contributed by atoms with E-state index in [1.807, 2.05) is 0 Å². The van der Waals surface area contributed by atoms with Crippen LogP contribution in [0.15, 0.2) is 36.4 Å². The van der Waals surface area contributed by atoms with Gasteiger partial charge in [-0.1, -0.05) is 23.2 Å². The van der Waals surface area contributed by atoms with Crippen LogP contribution in [0.1, 0.15) is 5.56 Å². The first-order chi connectivity index (χ1) is 9.47. The van der Waals surface area contributed by atoms with Crippen LogP contribution in [0.25, 0.3) is 0 Å². The molecule has 0 atom stereocenters. The van der Waals surface area contributed by atoms with Crippen molar-refractivity contribution in [1.29, 1.82) is 0 Å². The number of halogens is 2. The lowest BCUT2D eigenvalue weighted by Crippen LogP contribution is -2.00. The number of rotatable bonds is 4. The van der Waals surface area contributed by atoms with Crippen molar-refractivity contribution in [2.24, 2.45) is 0 Å². The number of phenols is 1. The number of benzene rings is 2. The number of nitro benzene ring substituents is 1. The summed E-state index contributed by atoms with van der Waals surface area (Å²) >= 11 is 11.6. The van der Waals surface area contributed by atoms with Crippen LogP contribution in [-0.4, -0.2) is 10.0 Å². The van der Waals surface area contributed by atoms with E-state index >= 15 is 0 Å². The molecule has 2 N–H and O–H groups in total. The lowest BCUT2D eigenvalue weighted by molar-refractivity contribution is -0.384. The number of nitrogens with zero attached hydrogens (tertiary/aromatic N) is 1. The number of aromatic hydroxyl groups is 1. The SMILES string of the molecule is O=[N+]([O-])c1cc(NCc2cc(Cl)ccc2O)ccc1Cl. The van der Waals surface area contributed by atoms with Crippen LogP contribution in [0, 0.1) is 10.1 Å². The fourth-order valence-corrected chi connectivity index (χ4v) is 2.04. The lowest BCUT2D eigenvalue weighted by Gasteiger charge is -2.09. The van der Waals surface area contributed by atoms with Gasteiger partial charge in [0.25, 0.3) is 5.69 Å². The molecule has 0 aliphatic heterocycles. The van der Waals surface area contributed by atoms with E-state index in [1.165, 1.54) is 18.2 Å². The van der Waals surface area contributed by atoms with Crippen LogP contribution in [0.4, 0.5) is 11.4 Å². The molecular formula is C13H10Cl2N2O3. The number of nitro groups is 1. The number of anilines is 1. The molecule has 0 unspecified atom stereocenters. The first-order valence-corrected chi connectivity index (χ1v) is 6.38. The Morgan fingerprint density at radius 1 is 1.20 bits per heavy atom. The maximum Gasteiger partial charge on any atom is 0.289 e. The summed E-state index contributed by atoms with van der Waals surface area (Å²) in [5.41, 5.74) is 0.947. The Hall–Kier alpha value is -1.98. The lowest BCUT2D eigenvalue weighted by atomic mass is 10.2. The quantitative estimate of drug-likeness (QED) is 0.654. The topological polar surface area (TPSA) is 75.4 Å². The standard InChI is InChI=1S/C13H10Cl2N2O3/c14-9-1-4-13(18)8(5-9)7-16-10-2-3-11(15)12(6-10)17(19)20/h1-6,16,18H,7H2. The van der Waals surface area contributed by atoms with Crippen molar-refractivity contribution in [3.05, 3.63) is 62.1 Å². The normalized spacial score (nSPS) is 10.3. The highest BCUT2D eigenvalue weighted by molar-refractivity contribution is 6.32. The minimum Gasteiger partial charge on any atom is -0.508 e. The highest BCUT2D eigenvalue weighted by Gasteiger charge is 2.12. The summed E-state index contributed by atoms with van der Waals surface area (Å²) in [5.74, 6) is 0.102. The molecule has 0 bridgehead atoms. The molecule has 2 aromatic carbocycles. The van der Waals surface area contributed by atoms with Gasteiger partial charge in [0.1, 0.15) is 10.8 Å². The van der Waals surface area contributed by atoms with Crippen molar-refractivity contribution in [2.45, 2.75) is 6.54 Å². The third-order valence-corrected chi connectivity index (χ3v) is 3.22. The summed E-state index contributed by atoms with van der Waals surface area (Å²) in [4.78, 5) is 10.2. The van der Waals surface area contributed by atoms with E-state index < -0.39 is 4.92 Å². The van der Waals surface area contributed by atoms with Crippen LogP contribution >= 0.6 is 23.2 Å². The second-order valence-corrected chi connectivity index (χ2v) is 4.89. The second-order valence-electron chi connectivity index (χ2n) is 4.05. The number of hydrogen-bond donors (Lipinski definition) is 2. The van der Waals surface area contributed by atoms with Crippen molar-refractivity contribution in [3.63, 3.8) is 0 Å². The molecule has 0 amide bonds. The van der Waals surface area contributed by atoms with Gasteiger partial charge in [-0.05, 0) is 30.3 Å². The Bertz CT molecular complexity index is 662. The minimum atomic E-state index is -0.551. The molecule has 0 fully saturated rings. The molecule has 0 aromatic heterocycles. The van der Waals surface area contributed by atoms with E-state index in [0.29, 0.717) is 16.3 Å². The van der Waals surface area contributed by atoms with Gasteiger partial charge in [0.05, 0.1) is 4.92 Å². The molecule has 2 rings (SSSR count). The largest absolute Gasteiger partial charge is 0.508 e. The Morgan fingerprint density at radius 2 is 1.95 bits per heavy atom. The molecule has 0 saturated heterocycles. The van der Waals surface area contributed by atoms with Crippen molar-refractivity contribution < 1.29 is 10.0 Å². The van der Waals surface area contributed by atoms with Gasteiger partial charge < -0.3 is 10.4 Å². The van der Waals surface area contributed by atoms with Crippen molar-refractivity contribution >= 4 is 34.6 Å². The van der Waals surface area contributed by atoms with Gasteiger partial charge in [0, 0.05) is 28.9 Å². The molecule has 7 heteroatoms. The molecule has 0 radical (unpaired) electrons. The van der Waals surface area contributed by atoms with E-state index in [2.05, 4.69) is 5.32 Å². The van der Waals surface area contributed by atoms with E-state index in [9.17, 15) is 15.2 Å². The summed E-state index contributed by atoms with van der Waals surface area (Å²) in [6.45, 7) is 0.283. The molecule has 0 heterocycles. The number of hydrogen-bond acceptors (Lipinski definition) is 4. The number of phenolic OH excluding ortho intramolecular Hbond substituents is 1. The van der Waals surface area contributed by atoms with Crippen LogP contribution in [0.5, 0.6) is 5.75 Å². The summed E-state index contributed by atoms with van der Waals surface area (Å²) in [6.07, 6.45) is 0. The van der Waals surface area contributed by atoms with E-state index in [1.54, 1.807) is 18.2 Å². The fraction of sp³-hybridized carbons (Fsp3) is 0.0769. The van der Waals surface area contributed by atoms with Crippen molar-refractivity contribution in [2.75, 3.05) is 5.32 Å². The predicted octanol–water partition coefficient (Wildman–Crippen LogP) is 4.22. The van der Waals surface area contributed by atoms with Gasteiger partial charge in [-0.3, -0.25) is 10.1 Å². The molecule has 0 aliphatic carbocycles. The van der Waals surface area contributed by atoms with Crippen LogP contribution in [0.2, 0.25) is 10.0 Å². The Kier molecular flexibility index (Phi) is 4.32. The van der Waals surface area contributed by atoms with Crippen molar-refractivity contribution in [3.8, 4) is 5.75 Å². The minimum absolute atomic E-state index is 0.0751. The van der Waals surface area contributed by atoms with Crippen LogP contribution < -0.4 is 5.32 Å². The number of nitrogens with one attached hydrogen (secondary N) is 1. The maximum atomic E-state index is 10.8. The van der Waals surface area contributed by atoms with Gasteiger partial charge in [0.15, 0.2) is 0 Å². The molecule has 2 aromatic rings. The Labute approximate surface area is 124 Å². The molecular weight excluding hydrogens is 303 g/mol. The molecule has 5 nitrogen and oxygen atoms in total. The Morgan fingerprint density at radius 3 is 2.65 bits per heavy atom. The zero-order valence-corrected chi connectivity index (χ0v) is 11.6. The van der Waals surface area contributed by atoms with Crippen molar-refractivity contribution in [1.82, 2.24) is 0 Å². The van der Waals surface area contributed by atoms with Gasteiger partial charge in [-0.2, -0.15) is 0 Å². The molecule has 104 valence electrons. The third kappa shape index (κ3) is 3.31. The predicted molar refractivity (Wildman–Crippen MR) is 78.5 cm³/mol. The molecule has 0 saturated carbocycles. The average Bonchev–Trinajstić information content (AvgIpc) is 2.41. The van der Waals surface area contributed by atoms with Gasteiger partial charge >= 0.3 is 0 Å². The second kappa shape index (κ2) is 5.98. The van der Waals surface area contributed by atoms with E-state index in [4.69, 9.17) is 23.2 Å². The highest BCUT2D eigenvalue weighted by Crippen LogP contribution is 2.28. The summed E-state index contributed by atoms with van der Waals surface area (Å²) in [7, 11) is 0. The summed E-state index contributed by atoms with van der Waals surface area (Å²) < 4.78 is 0. The van der Waals surface area contributed by atoms with E-state index in [0.717, 1.165) is 0 Å². The monoisotopic (exact) mass is 312 g/mol. The van der Waals surface area contributed by atoms with Crippen LogP contribution in [-0.2, 0) is 6.54 Å². The van der Waals surface area contributed by atoms with Gasteiger partial charge in [-0.15, -0.1) is 0 Å². The third-order valence-electron chi connectivity index (χ3n) is 2.67. The zero-order chi connectivity index (χ0) is 14.7. The van der Waals surface area contributed by atoms with Gasteiger partial charge in [-0.25, -0.2) is 0 Å². The Balaban J connectivity index is 2.17. The summed E-state index contributed by atoms with van der Waals surface area (Å²) in [5, 5.41) is 24.0. The zero-order valence-electron chi connectivity index (χ0n) is 10.1. The summed E-state index contributed by atoms with van der Waals surface area (Å²) in [6, 6.07) is 9.09. The average molecular weight is 313 g/mol. The highest BCUT2D eigenvalue weighted by atomic mass is 35.5. The molecule has 0 spiro atoms. The van der Waals surface area contributed by atoms with Crippen LogP contribution in [0.3, 0.4) is 0 Å².